The van der Waals surface area contributed by atoms with Crippen LogP contribution in [0.15, 0.2) is 188 Å². The Balaban J connectivity index is 0.963. The highest BCUT2D eigenvalue weighted by molar-refractivity contribution is 8.04. The molecule has 9 aromatic rings. The van der Waals surface area contributed by atoms with E-state index in [1.54, 1.807) is 0 Å². The van der Waals surface area contributed by atoms with Crippen molar-refractivity contribution in [2.45, 2.75) is 18.6 Å². The van der Waals surface area contributed by atoms with Gasteiger partial charge in [0.25, 0.3) is 0 Å². The number of aryl methyl sites for hydroxylation is 1. The molecule has 0 radical (unpaired) electrons. The van der Waals surface area contributed by atoms with Crippen molar-refractivity contribution in [3.63, 3.8) is 0 Å². The summed E-state index contributed by atoms with van der Waals surface area (Å²) in [5, 5.41) is 10.4. The minimum Gasteiger partial charge on any atom is -0.135 e. The molecular weight excluding hydrogens is 701 g/mol. The Bertz CT molecular complexity index is 3040. The fraction of sp³-hybridized carbons (Fsp3) is 0.0566. The topological polar surface area (TPSA) is 0 Å². The lowest BCUT2D eigenvalue weighted by molar-refractivity contribution is 1.07. The summed E-state index contributed by atoms with van der Waals surface area (Å²) in [4.78, 5) is 1.20. The predicted octanol–water partition coefficient (Wildman–Crippen LogP) is 15.8. The van der Waals surface area contributed by atoms with Crippen molar-refractivity contribution in [3.05, 3.63) is 205 Å². The Labute approximate surface area is 330 Å². The molecule has 0 fully saturated rings. The Morgan fingerprint density at radius 3 is 1.89 bits per heavy atom. The molecule has 0 N–H and O–H groups in total. The van der Waals surface area contributed by atoms with Gasteiger partial charge in [-0.1, -0.05) is 147 Å². The maximum absolute atomic E-state index is 4.69. The van der Waals surface area contributed by atoms with Crippen LogP contribution in [0.5, 0.6) is 0 Å². The van der Waals surface area contributed by atoms with Gasteiger partial charge < -0.3 is 0 Å². The van der Waals surface area contributed by atoms with E-state index in [1.807, 2.05) is 29.2 Å². The van der Waals surface area contributed by atoms with Crippen LogP contribution in [0, 0.1) is 6.92 Å². The Hall–Kier alpha value is -5.93. The third kappa shape index (κ3) is 5.59. The third-order valence-electron chi connectivity index (χ3n) is 11.4. The summed E-state index contributed by atoms with van der Waals surface area (Å²) in [6.07, 6.45) is 2.83. The summed E-state index contributed by atoms with van der Waals surface area (Å²) in [6.45, 7) is 15.8. The number of allylic oxidation sites excluding steroid dienone is 3. The van der Waals surface area contributed by atoms with Crippen LogP contribution >= 0.6 is 23.1 Å². The molecular formula is C53H38S2. The number of thiophene rings is 1. The van der Waals surface area contributed by atoms with Crippen molar-refractivity contribution in [2.75, 3.05) is 0 Å². The van der Waals surface area contributed by atoms with Gasteiger partial charge in [-0.15, -0.1) is 23.1 Å². The number of hydrogen-bond acceptors (Lipinski definition) is 2. The Morgan fingerprint density at radius 2 is 1.20 bits per heavy atom. The SMILES string of the molecule is C=CC1=C(c2cc3sc4ccccc4c3cc2C)C(=C)C(CC(=C)c2ccc3cc(-c4c5ccccc5c(-c5ccccc5)c5ccccc45)ccc3c2)S1. The monoisotopic (exact) mass is 738 g/mol. The van der Waals surface area contributed by atoms with E-state index in [2.05, 4.69) is 172 Å². The average molecular weight is 739 g/mol. The molecule has 262 valence electrons. The van der Waals surface area contributed by atoms with Crippen molar-refractivity contribution in [2.24, 2.45) is 0 Å². The van der Waals surface area contributed by atoms with Gasteiger partial charge in [-0.2, -0.15) is 0 Å². The summed E-state index contributed by atoms with van der Waals surface area (Å²) in [7, 11) is 0. The first-order valence-electron chi connectivity index (χ1n) is 18.8. The molecule has 0 amide bonds. The first-order valence-corrected chi connectivity index (χ1v) is 20.5. The summed E-state index contributed by atoms with van der Waals surface area (Å²) in [5.41, 5.74) is 12.3. The maximum atomic E-state index is 4.69. The number of benzene rings is 8. The van der Waals surface area contributed by atoms with Crippen molar-refractivity contribution in [1.82, 2.24) is 0 Å². The van der Waals surface area contributed by atoms with Gasteiger partial charge >= 0.3 is 0 Å². The molecule has 1 atom stereocenters. The van der Waals surface area contributed by atoms with Crippen LogP contribution < -0.4 is 0 Å². The van der Waals surface area contributed by atoms with E-state index < -0.39 is 0 Å². The van der Waals surface area contributed by atoms with Crippen LogP contribution in [0.1, 0.15) is 23.1 Å². The molecule has 2 heterocycles. The fourth-order valence-electron chi connectivity index (χ4n) is 8.69. The Morgan fingerprint density at radius 1 is 0.600 bits per heavy atom. The first kappa shape index (κ1) is 33.6. The number of thioether (sulfide) groups is 1. The summed E-state index contributed by atoms with van der Waals surface area (Å²) >= 11 is 3.74. The second-order valence-electron chi connectivity index (χ2n) is 14.6. The van der Waals surface area contributed by atoms with Gasteiger partial charge in [-0.05, 0) is 132 Å². The normalized spacial score (nSPS) is 14.6. The lowest BCUT2D eigenvalue weighted by Crippen LogP contribution is -2.04. The van der Waals surface area contributed by atoms with Crippen molar-refractivity contribution >= 4 is 86.7 Å². The molecule has 0 bridgehead atoms. The van der Waals surface area contributed by atoms with E-state index in [-0.39, 0.29) is 5.25 Å². The lowest BCUT2D eigenvalue weighted by Gasteiger charge is -2.18. The fourth-order valence-corrected chi connectivity index (χ4v) is 11.1. The summed E-state index contributed by atoms with van der Waals surface area (Å²) in [5.74, 6) is 0. The van der Waals surface area contributed by atoms with Crippen molar-refractivity contribution < 1.29 is 0 Å². The number of hydrogen-bond donors (Lipinski definition) is 0. The standard InChI is InChI=1S/C53H38S2/c1-5-47-51(45-31-50-46(27-33(45)3)40-17-13-14-22-48(40)55-50)34(4)49(54-47)28-32(2)36-23-24-38-30-39(26-25-37(38)29-36)53-43-20-11-9-18-41(43)52(35-15-7-6-8-16-35)42-19-10-12-21-44(42)53/h5-27,29-31,49H,1-2,4,28H2,3H3. The van der Waals surface area contributed by atoms with E-state index in [1.165, 1.54) is 102 Å². The van der Waals surface area contributed by atoms with Crippen LogP contribution in [0.3, 0.4) is 0 Å². The molecule has 1 aromatic heterocycles. The second kappa shape index (κ2) is 13.4. The largest absolute Gasteiger partial charge is 0.135 e. The molecule has 1 unspecified atom stereocenters. The lowest BCUT2D eigenvalue weighted by atomic mass is 9.85. The minimum absolute atomic E-state index is 0.200. The second-order valence-corrected chi connectivity index (χ2v) is 17.0. The van der Waals surface area contributed by atoms with Gasteiger partial charge in [0.1, 0.15) is 0 Å². The molecule has 0 saturated carbocycles. The first-order chi connectivity index (χ1) is 27.0. The van der Waals surface area contributed by atoms with Gasteiger partial charge in [0, 0.05) is 30.3 Å². The van der Waals surface area contributed by atoms with Gasteiger partial charge in [0.05, 0.1) is 0 Å². The molecule has 1 aliphatic rings. The van der Waals surface area contributed by atoms with Crippen LogP contribution in [-0.2, 0) is 0 Å². The van der Waals surface area contributed by atoms with Crippen LogP contribution in [-0.4, -0.2) is 5.25 Å². The minimum atomic E-state index is 0.200. The van der Waals surface area contributed by atoms with E-state index >= 15 is 0 Å². The van der Waals surface area contributed by atoms with Gasteiger partial charge in [0.15, 0.2) is 0 Å². The molecule has 8 aromatic carbocycles. The zero-order valence-corrected chi connectivity index (χ0v) is 32.4. The highest BCUT2D eigenvalue weighted by Gasteiger charge is 2.30. The predicted molar refractivity (Wildman–Crippen MR) is 245 cm³/mol. The summed E-state index contributed by atoms with van der Waals surface area (Å²) in [6, 6.07) is 55.7. The van der Waals surface area contributed by atoms with Crippen molar-refractivity contribution in [1.29, 1.82) is 0 Å². The quantitative estimate of drug-likeness (QED) is 0.147. The van der Waals surface area contributed by atoms with Crippen molar-refractivity contribution in [3.8, 4) is 22.3 Å². The highest BCUT2D eigenvalue weighted by Crippen LogP contribution is 2.51. The van der Waals surface area contributed by atoms with Crippen LogP contribution in [0.25, 0.3) is 85.9 Å². The number of fused-ring (bicyclic) bond motifs is 6. The Kier molecular flexibility index (Phi) is 8.21. The zero-order chi connectivity index (χ0) is 37.2. The molecule has 0 saturated heterocycles. The molecule has 55 heavy (non-hydrogen) atoms. The molecule has 2 heteroatoms. The average Bonchev–Trinajstić information content (AvgIpc) is 3.74. The van der Waals surface area contributed by atoms with Gasteiger partial charge in [-0.3, -0.25) is 0 Å². The molecule has 0 aliphatic carbocycles. The number of rotatable bonds is 7. The van der Waals surface area contributed by atoms with E-state index in [0.29, 0.717) is 0 Å². The highest BCUT2D eigenvalue weighted by atomic mass is 32.2. The third-order valence-corrected chi connectivity index (χ3v) is 13.9. The molecule has 10 rings (SSSR count). The van der Waals surface area contributed by atoms with Gasteiger partial charge in [-0.25, -0.2) is 0 Å². The van der Waals surface area contributed by atoms with E-state index in [0.717, 1.165) is 17.6 Å². The van der Waals surface area contributed by atoms with E-state index in [4.69, 9.17) is 6.58 Å². The van der Waals surface area contributed by atoms with E-state index in [9.17, 15) is 0 Å². The molecule has 1 aliphatic heterocycles. The van der Waals surface area contributed by atoms with Gasteiger partial charge in [0.2, 0.25) is 0 Å². The molecule has 0 nitrogen and oxygen atoms in total. The van der Waals surface area contributed by atoms with Crippen LogP contribution in [0.4, 0.5) is 0 Å². The smallest absolute Gasteiger partial charge is 0.0385 e. The summed E-state index contributed by atoms with van der Waals surface area (Å²) < 4.78 is 2.64. The van der Waals surface area contributed by atoms with Crippen LogP contribution in [0.2, 0.25) is 0 Å². The maximum Gasteiger partial charge on any atom is 0.0385 e. The zero-order valence-electron chi connectivity index (χ0n) is 30.7. The molecule has 0 spiro atoms.